The van der Waals surface area contributed by atoms with E-state index in [2.05, 4.69) is 15.4 Å². The molecule has 0 saturated carbocycles. The van der Waals surface area contributed by atoms with Gasteiger partial charge >= 0.3 is 5.97 Å². The number of carbonyl (C=O) groups is 2. The Bertz CT molecular complexity index is 508. The van der Waals surface area contributed by atoms with Crippen molar-refractivity contribution >= 4 is 17.6 Å². The van der Waals surface area contributed by atoms with Crippen molar-refractivity contribution in [2.24, 2.45) is 5.92 Å². The summed E-state index contributed by atoms with van der Waals surface area (Å²) in [5, 5.41) is 6.28. The molecular formula is C18H26N2O3. The van der Waals surface area contributed by atoms with E-state index in [4.69, 9.17) is 0 Å². The highest BCUT2D eigenvalue weighted by Gasteiger charge is 2.14. The summed E-state index contributed by atoms with van der Waals surface area (Å²) in [6.07, 6.45) is 4.90. The third-order valence-corrected chi connectivity index (χ3v) is 4.32. The number of nitrogens with one attached hydrogen (secondary N) is 2. The molecule has 0 spiro atoms. The van der Waals surface area contributed by atoms with Crippen molar-refractivity contribution in [2.45, 2.75) is 38.5 Å². The van der Waals surface area contributed by atoms with Crippen molar-refractivity contribution in [1.82, 2.24) is 5.32 Å². The quantitative estimate of drug-likeness (QED) is 0.758. The minimum absolute atomic E-state index is 0.0749. The van der Waals surface area contributed by atoms with E-state index in [0.717, 1.165) is 30.8 Å². The summed E-state index contributed by atoms with van der Waals surface area (Å²) in [5.41, 5.74) is 1.87. The fraction of sp³-hybridized carbons (Fsp3) is 0.556. The first kappa shape index (κ1) is 17.5. The van der Waals surface area contributed by atoms with Gasteiger partial charge in [0.25, 0.3) is 0 Å². The van der Waals surface area contributed by atoms with Gasteiger partial charge in [0.1, 0.15) is 0 Å². The molecule has 0 radical (unpaired) electrons. The number of piperidine rings is 1. The number of hydrogen-bond donors (Lipinski definition) is 2. The van der Waals surface area contributed by atoms with Gasteiger partial charge < -0.3 is 15.4 Å². The predicted octanol–water partition coefficient (Wildman–Crippen LogP) is 2.51. The van der Waals surface area contributed by atoms with Crippen LogP contribution in [0.3, 0.4) is 0 Å². The van der Waals surface area contributed by atoms with Crippen LogP contribution in [0.15, 0.2) is 24.3 Å². The number of rotatable bonds is 7. The lowest BCUT2D eigenvalue weighted by molar-refractivity contribution is -0.140. The second kappa shape index (κ2) is 9.30. The van der Waals surface area contributed by atoms with Crippen LogP contribution in [0.1, 0.15) is 37.7 Å². The van der Waals surface area contributed by atoms with Gasteiger partial charge in [0, 0.05) is 18.5 Å². The minimum atomic E-state index is -0.208. The largest absolute Gasteiger partial charge is 0.469 e. The summed E-state index contributed by atoms with van der Waals surface area (Å²) in [6.45, 7) is 2.14. The fourth-order valence-corrected chi connectivity index (χ4v) is 2.83. The molecule has 0 atom stereocenters. The Morgan fingerprint density at radius 3 is 2.52 bits per heavy atom. The van der Waals surface area contributed by atoms with Crippen LogP contribution in [0.5, 0.6) is 0 Å². The lowest BCUT2D eigenvalue weighted by Gasteiger charge is -2.22. The molecule has 5 heteroatoms. The molecule has 2 N–H and O–H groups in total. The van der Waals surface area contributed by atoms with Crippen molar-refractivity contribution in [1.29, 1.82) is 0 Å². The van der Waals surface area contributed by atoms with E-state index in [-0.39, 0.29) is 11.9 Å². The van der Waals surface area contributed by atoms with E-state index >= 15 is 0 Å². The number of ether oxygens (including phenoxy) is 1. The summed E-state index contributed by atoms with van der Waals surface area (Å²) in [7, 11) is 1.39. The maximum atomic E-state index is 12.0. The molecule has 2 rings (SSSR count). The van der Waals surface area contributed by atoms with Crippen LogP contribution in [-0.2, 0) is 20.7 Å². The molecular weight excluding hydrogens is 292 g/mol. The Morgan fingerprint density at radius 2 is 1.87 bits per heavy atom. The van der Waals surface area contributed by atoms with Crippen molar-refractivity contribution in [3.63, 3.8) is 0 Å². The highest BCUT2D eigenvalue weighted by Crippen LogP contribution is 2.18. The second-order valence-electron chi connectivity index (χ2n) is 6.05. The summed E-state index contributed by atoms with van der Waals surface area (Å²) in [4.78, 5) is 23.1. The van der Waals surface area contributed by atoms with Gasteiger partial charge in [0.2, 0.25) is 5.91 Å². The number of esters is 1. The van der Waals surface area contributed by atoms with E-state index < -0.39 is 0 Å². The summed E-state index contributed by atoms with van der Waals surface area (Å²) < 4.78 is 4.63. The average Bonchev–Trinajstić information content (AvgIpc) is 2.60. The van der Waals surface area contributed by atoms with Crippen LogP contribution in [-0.4, -0.2) is 32.1 Å². The molecule has 0 aromatic heterocycles. The Labute approximate surface area is 137 Å². The molecule has 1 aliphatic heterocycles. The fourth-order valence-electron chi connectivity index (χ4n) is 2.83. The molecule has 1 heterocycles. The van der Waals surface area contributed by atoms with Crippen molar-refractivity contribution in [3.8, 4) is 0 Å². The van der Waals surface area contributed by atoms with E-state index in [1.54, 1.807) is 0 Å². The third-order valence-electron chi connectivity index (χ3n) is 4.32. The van der Waals surface area contributed by atoms with E-state index in [0.29, 0.717) is 25.2 Å². The van der Waals surface area contributed by atoms with E-state index in [9.17, 15) is 9.59 Å². The number of methoxy groups -OCH3 is 1. The van der Waals surface area contributed by atoms with Crippen LogP contribution >= 0.6 is 0 Å². The molecule has 5 nitrogen and oxygen atoms in total. The molecule has 0 aliphatic carbocycles. The average molecular weight is 318 g/mol. The first-order valence-corrected chi connectivity index (χ1v) is 8.33. The van der Waals surface area contributed by atoms with Gasteiger partial charge in [0.05, 0.1) is 7.11 Å². The molecule has 126 valence electrons. The van der Waals surface area contributed by atoms with Gasteiger partial charge in [-0.15, -0.1) is 0 Å². The smallest absolute Gasteiger partial charge is 0.305 e. The highest BCUT2D eigenvalue weighted by molar-refractivity contribution is 5.90. The second-order valence-corrected chi connectivity index (χ2v) is 6.05. The molecule has 1 aromatic carbocycles. The van der Waals surface area contributed by atoms with Crippen molar-refractivity contribution in [2.75, 3.05) is 25.5 Å². The van der Waals surface area contributed by atoms with Crippen LogP contribution in [0.4, 0.5) is 5.69 Å². The number of amides is 1. The minimum Gasteiger partial charge on any atom is -0.469 e. The molecule has 1 fully saturated rings. The zero-order valence-corrected chi connectivity index (χ0v) is 13.8. The van der Waals surface area contributed by atoms with Crippen LogP contribution in [0.2, 0.25) is 0 Å². The summed E-state index contributed by atoms with van der Waals surface area (Å²) in [5.74, 6) is 0.536. The normalized spacial score (nSPS) is 15.2. The van der Waals surface area contributed by atoms with Gasteiger partial charge in [-0.3, -0.25) is 9.59 Å². The van der Waals surface area contributed by atoms with E-state index in [1.807, 2.05) is 24.3 Å². The highest BCUT2D eigenvalue weighted by atomic mass is 16.5. The topological polar surface area (TPSA) is 67.4 Å². The maximum absolute atomic E-state index is 12.0. The van der Waals surface area contributed by atoms with Crippen LogP contribution in [0.25, 0.3) is 0 Å². The molecule has 23 heavy (non-hydrogen) atoms. The molecule has 1 aromatic rings. The predicted molar refractivity (Wildman–Crippen MR) is 90.2 cm³/mol. The van der Waals surface area contributed by atoms with Gasteiger partial charge in [0.15, 0.2) is 0 Å². The monoisotopic (exact) mass is 318 g/mol. The first-order valence-electron chi connectivity index (χ1n) is 8.33. The molecule has 1 aliphatic rings. The van der Waals surface area contributed by atoms with Gasteiger partial charge in [-0.05, 0) is 62.4 Å². The van der Waals surface area contributed by atoms with Gasteiger partial charge in [-0.1, -0.05) is 12.1 Å². The number of hydrogen-bond acceptors (Lipinski definition) is 4. The van der Waals surface area contributed by atoms with Crippen molar-refractivity contribution in [3.05, 3.63) is 29.8 Å². The Hall–Kier alpha value is -1.88. The first-order chi connectivity index (χ1) is 11.2. The van der Waals surface area contributed by atoms with Gasteiger partial charge in [-0.25, -0.2) is 0 Å². The lowest BCUT2D eigenvalue weighted by atomic mass is 9.93. The summed E-state index contributed by atoms with van der Waals surface area (Å²) >= 11 is 0. The maximum Gasteiger partial charge on any atom is 0.305 e. The zero-order valence-electron chi connectivity index (χ0n) is 13.8. The zero-order chi connectivity index (χ0) is 16.5. The summed E-state index contributed by atoms with van der Waals surface area (Å²) in [6, 6.07) is 7.64. The SMILES string of the molecule is COC(=O)CCc1ccc(NC(=O)CCC2CCNCC2)cc1. The molecule has 1 saturated heterocycles. The van der Waals surface area contributed by atoms with E-state index in [1.165, 1.54) is 20.0 Å². The Kier molecular flexibility index (Phi) is 7.07. The molecule has 1 amide bonds. The lowest BCUT2D eigenvalue weighted by Crippen LogP contribution is -2.28. The Morgan fingerprint density at radius 1 is 1.17 bits per heavy atom. The number of benzene rings is 1. The van der Waals surface area contributed by atoms with Gasteiger partial charge in [-0.2, -0.15) is 0 Å². The Balaban J connectivity index is 1.71. The van der Waals surface area contributed by atoms with Crippen LogP contribution in [0, 0.1) is 5.92 Å². The number of anilines is 1. The number of aryl methyl sites for hydroxylation is 1. The number of carbonyl (C=O) groups excluding carboxylic acids is 2. The third kappa shape index (κ3) is 6.40. The molecule has 0 unspecified atom stereocenters. The molecule has 0 bridgehead atoms. The van der Waals surface area contributed by atoms with Crippen molar-refractivity contribution < 1.29 is 14.3 Å². The standard InChI is InChI=1S/C18H26N2O3/c1-23-18(22)9-5-14-2-6-16(7-3-14)20-17(21)8-4-15-10-12-19-13-11-15/h2-3,6-7,15,19H,4-5,8-13H2,1H3,(H,20,21). The van der Waals surface area contributed by atoms with Crippen LogP contribution < -0.4 is 10.6 Å².